The first-order valence-electron chi connectivity index (χ1n) is 10.5. The second-order valence-electron chi connectivity index (χ2n) is 8.26. The third kappa shape index (κ3) is 3.22. The molecule has 30 heavy (non-hydrogen) atoms. The van der Waals surface area contributed by atoms with Gasteiger partial charge in [-0.3, -0.25) is 9.79 Å². The fourth-order valence-electron chi connectivity index (χ4n) is 4.68. The number of H-pyrrole nitrogens is 1. The molecule has 1 aliphatic carbocycles. The molecule has 154 valence electrons. The van der Waals surface area contributed by atoms with Crippen LogP contribution in [-0.4, -0.2) is 48.8 Å². The molecule has 1 aromatic carbocycles. The first-order chi connectivity index (χ1) is 14.5. The number of anilines is 1. The van der Waals surface area contributed by atoms with E-state index in [0.29, 0.717) is 5.56 Å². The third-order valence-electron chi connectivity index (χ3n) is 6.31. The predicted molar refractivity (Wildman–Crippen MR) is 124 cm³/mol. The summed E-state index contributed by atoms with van der Waals surface area (Å²) in [6.45, 7) is 6.06. The largest absolute Gasteiger partial charge is 0.367 e. The van der Waals surface area contributed by atoms with Gasteiger partial charge in [0.25, 0.3) is 5.56 Å². The number of rotatable bonds is 2. The van der Waals surface area contributed by atoms with Gasteiger partial charge in [-0.2, -0.15) is 0 Å². The van der Waals surface area contributed by atoms with Crippen LogP contribution in [0, 0.1) is 6.92 Å². The summed E-state index contributed by atoms with van der Waals surface area (Å²) in [7, 11) is 2.15. The molecular weight excluding hydrogens is 396 g/mol. The lowest BCUT2D eigenvalue weighted by Crippen LogP contribution is -2.44. The SMILES string of the molecule is Cc1c2c(cc(Cl)c1N1CCN(C)CC1)CCC(c1c3cccccc-3[nH]c1=O)=N2. The Morgan fingerprint density at radius 1 is 1.07 bits per heavy atom. The van der Waals surface area contributed by atoms with Crippen LogP contribution >= 0.6 is 11.6 Å². The van der Waals surface area contributed by atoms with Crippen molar-refractivity contribution in [2.75, 3.05) is 38.1 Å². The zero-order chi connectivity index (χ0) is 20.8. The highest BCUT2D eigenvalue weighted by Crippen LogP contribution is 2.42. The molecule has 5 nitrogen and oxygen atoms in total. The minimum absolute atomic E-state index is 0.0655. The standard InChI is InChI=1S/C24H25ClN4O/c1-15-22-16(14-18(25)23(15)29-12-10-28(2)11-13-29)8-9-20(26-22)21-17-6-4-3-5-7-19(17)27-24(21)30/h3-7,14H,8-13H2,1-2H3,(H,27,30). The summed E-state index contributed by atoms with van der Waals surface area (Å²) >= 11 is 6.73. The van der Waals surface area contributed by atoms with Crippen LogP contribution in [0.1, 0.15) is 23.1 Å². The van der Waals surface area contributed by atoms with Gasteiger partial charge in [-0.05, 0) is 50.1 Å². The van der Waals surface area contributed by atoms with Crippen LogP contribution in [0.2, 0.25) is 5.02 Å². The second kappa shape index (κ2) is 7.56. The monoisotopic (exact) mass is 420 g/mol. The van der Waals surface area contributed by atoms with Gasteiger partial charge in [0.1, 0.15) is 0 Å². The second-order valence-corrected chi connectivity index (χ2v) is 8.66. The van der Waals surface area contributed by atoms with E-state index in [-0.39, 0.29) is 5.56 Å². The molecule has 4 aliphatic rings. The molecule has 0 amide bonds. The summed E-state index contributed by atoms with van der Waals surface area (Å²) in [4.78, 5) is 25.5. The molecule has 0 unspecified atom stereocenters. The molecule has 1 fully saturated rings. The Bertz CT molecular complexity index is 1170. The van der Waals surface area contributed by atoms with E-state index in [1.165, 1.54) is 0 Å². The maximum absolute atomic E-state index is 12.8. The van der Waals surface area contributed by atoms with E-state index in [0.717, 1.165) is 83.5 Å². The number of piperazine rings is 1. The van der Waals surface area contributed by atoms with Gasteiger partial charge in [-0.25, -0.2) is 0 Å². The van der Waals surface area contributed by atoms with Gasteiger partial charge in [0, 0.05) is 37.4 Å². The van der Waals surface area contributed by atoms with Crippen LogP contribution in [0.5, 0.6) is 0 Å². The molecule has 0 atom stereocenters. The van der Waals surface area contributed by atoms with E-state index < -0.39 is 0 Å². The Kier molecular flexibility index (Phi) is 4.88. The van der Waals surface area contributed by atoms with Crippen molar-refractivity contribution < 1.29 is 0 Å². The van der Waals surface area contributed by atoms with Gasteiger partial charge in [-0.15, -0.1) is 0 Å². The molecule has 0 radical (unpaired) electrons. The highest BCUT2D eigenvalue weighted by Gasteiger charge is 2.26. The number of hydrogen-bond donors (Lipinski definition) is 1. The number of benzene rings is 1. The predicted octanol–water partition coefficient (Wildman–Crippen LogP) is 4.26. The number of fused-ring (bicyclic) bond motifs is 2. The van der Waals surface area contributed by atoms with Crippen LogP contribution in [0.15, 0.2) is 46.2 Å². The van der Waals surface area contributed by atoms with Gasteiger partial charge >= 0.3 is 0 Å². The van der Waals surface area contributed by atoms with Gasteiger partial charge in [0.2, 0.25) is 0 Å². The zero-order valence-electron chi connectivity index (χ0n) is 17.3. The lowest BCUT2D eigenvalue weighted by molar-refractivity contribution is 0.312. The molecule has 1 aromatic rings. The Morgan fingerprint density at radius 3 is 2.63 bits per heavy atom. The van der Waals surface area contributed by atoms with E-state index in [2.05, 4.69) is 34.8 Å². The number of nitrogens with one attached hydrogen (secondary N) is 1. The fraction of sp³-hybridized carbons (Fsp3) is 0.333. The minimum atomic E-state index is -0.0655. The van der Waals surface area contributed by atoms with Crippen molar-refractivity contribution >= 4 is 28.7 Å². The van der Waals surface area contributed by atoms with E-state index in [1.807, 2.05) is 30.3 Å². The number of aliphatic imine (C=N–C) groups is 1. The van der Waals surface area contributed by atoms with Crippen molar-refractivity contribution in [3.63, 3.8) is 0 Å². The van der Waals surface area contributed by atoms with Crippen molar-refractivity contribution in [1.82, 2.24) is 9.88 Å². The van der Waals surface area contributed by atoms with E-state index in [9.17, 15) is 4.79 Å². The van der Waals surface area contributed by atoms with Crippen molar-refractivity contribution in [2.45, 2.75) is 19.8 Å². The molecule has 6 heteroatoms. The summed E-state index contributed by atoms with van der Waals surface area (Å²) in [5, 5.41) is 0.804. The van der Waals surface area contributed by atoms with Crippen molar-refractivity contribution in [3.05, 3.63) is 68.5 Å². The summed E-state index contributed by atoms with van der Waals surface area (Å²) < 4.78 is 0. The van der Waals surface area contributed by atoms with Crippen LogP contribution in [0.3, 0.4) is 0 Å². The number of aromatic amines is 1. The van der Waals surface area contributed by atoms with Crippen molar-refractivity contribution in [2.24, 2.45) is 4.99 Å². The summed E-state index contributed by atoms with van der Waals surface area (Å²) in [5.41, 5.74) is 7.60. The molecule has 5 rings (SSSR count). The number of aromatic nitrogens is 1. The zero-order valence-corrected chi connectivity index (χ0v) is 18.1. The van der Waals surface area contributed by atoms with E-state index in [4.69, 9.17) is 16.6 Å². The molecule has 0 aromatic heterocycles. The minimum Gasteiger partial charge on any atom is -0.367 e. The molecule has 0 bridgehead atoms. The summed E-state index contributed by atoms with van der Waals surface area (Å²) in [6, 6.07) is 11.9. The first kappa shape index (κ1) is 19.3. The third-order valence-corrected chi connectivity index (χ3v) is 6.60. The summed E-state index contributed by atoms with van der Waals surface area (Å²) in [5.74, 6) is 0. The topological polar surface area (TPSA) is 51.7 Å². The van der Waals surface area contributed by atoms with E-state index >= 15 is 0 Å². The normalized spacial score (nSPS) is 17.2. The molecule has 1 saturated heterocycles. The maximum Gasteiger partial charge on any atom is 0.258 e. The van der Waals surface area contributed by atoms with Crippen LogP contribution in [0.4, 0.5) is 11.4 Å². The molecule has 3 heterocycles. The van der Waals surface area contributed by atoms with Gasteiger partial charge in [0.15, 0.2) is 0 Å². The Morgan fingerprint density at radius 2 is 1.83 bits per heavy atom. The Hall–Kier alpha value is -2.63. The summed E-state index contributed by atoms with van der Waals surface area (Å²) in [6.07, 6.45) is 1.57. The number of hydrogen-bond acceptors (Lipinski definition) is 4. The van der Waals surface area contributed by atoms with Crippen LogP contribution < -0.4 is 10.5 Å². The molecular formula is C24H25ClN4O. The number of likely N-dealkylation sites (N-methyl/N-ethyl adjacent to an activating group) is 1. The number of aryl methyl sites for hydroxylation is 1. The van der Waals surface area contributed by atoms with Gasteiger partial charge < -0.3 is 14.8 Å². The van der Waals surface area contributed by atoms with E-state index in [1.54, 1.807) is 0 Å². The fourth-order valence-corrected chi connectivity index (χ4v) is 5.07. The average Bonchev–Trinajstić information content (AvgIpc) is 2.88. The Labute approximate surface area is 181 Å². The van der Waals surface area contributed by atoms with Crippen LogP contribution in [0.25, 0.3) is 11.3 Å². The quantitative estimate of drug-likeness (QED) is 0.673. The lowest BCUT2D eigenvalue weighted by atomic mass is 9.93. The molecule has 3 aliphatic heterocycles. The average molecular weight is 421 g/mol. The van der Waals surface area contributed by atoms with Gasteiger partial charge in [-0.1, -0.05) is 35.9 Å². The molecule has 0 saturated carbocycles. The molecule has 1 N–H and O–H groups in total. The molecule has 0 spiro atoms. The van der Waals surface area contributed by atoms with Crippen LogP contribution in [-0.2, 0) is 6.42 Å². The Balaban J connectivity index is 1.61. The number of halogens is 1. The highest BCUT2D eigenvalue weighted by molar-refractivity contribution is 6.33. The van der Waals surface area contributed by atoms with Crippen molar-refractivity contribution in [3.8, 4) is 11.3 Å². The maximum atomic E-state index is 12.8. The van der Waals surface area contributed by atoms with Crippen molar-refractivity contribution in [1.29, 1.82) is 0 Å². The highest BCUT2D eigenvalue weighted by atomic mass is 35.5. The lowest BCUT2D eigenvalue weighted by Gasteiger charge is -2.36. The number of nitrogens with zero attached hydrogens (tertiary/aromatic N) is 3. The van der Waals surface area contributed by atoms with Gasteiger partial charge in [0.05, 0.1) is 27.7 Å². The first-order valence-corrected chi connectivity index (χ1v) is 10.8. The smallest absolute Gasteiger partial charge is 0.258 e.